The number of halogens is 1. The minimum Gasteiger partial charge on any atom is -0.378 e. The van der Waals surface area contributed by atoms with E-state index in [0.717, 1.165) is 29.5 Å². The zero-order valence-corrected chi connectivity index (χ0v) is 12.5. The van der Waals surface area contributed by atoms with Crippen molar-refractivity contribution in [2.45, 2.75) is 20.1 Å². The van der Waals surface area contributed by atoms with Gasteiger partial charge >= 0.3 is 0 Å². The Labute approximate surface area is 121 Å². The molecule has 0 atom stereocenters. The monoisotopic (exact) mass is 297 g/mol. The molecule has 102 valence electrons. The predicted molar refractivity (Wildman–Crippen MR) is 78.4 cm³/mol. The summed E-state index contributed by atoms with van der Waals surface area (Å²) in [7, 11) is 1.68. The third kappa shape index (κ3) is 3.73. The summed E-state index contributed by atoms with van der Waals surface area (Å²) in [6.45, 7) is 4.34. The van der Waals surface area contributed by atoms with Crippen molar-refractivity contribution in [3.05, 3.63) is 33.9 Å². The van der Waals surface area contributed by atoms with Gasteiger partial charge in [0.05, 0.1) is 23.0 Å². The average molecular weight is 298 g/mol. The second kappa shape index (κ2) is 6.96. The lowest BCUT2D eigenvalue weighted by atomic mass is 10.3. The predicted octanol–water partition coefficient (Wildman–Crippen LogP) is 3.11. The van der Waals surface area contributed by atoms with E-state index in [1.165, 1.54) is 4.88 Å². The molecule has 6 heteroatoms. The average Bonchev–Trinajstić information content (AvgIpc) is 2.81. The summed E-state index contributed by atoms with van der Waals surface area (Å²) in [4.78, 5) is 10.1. The molecule has 19 heavy (non-hydrogen) atoms. The molecule has 2 aromatic heterocycles. The molecule has 0 saturated heterocycles. The summed E-state index contributed by atoms with van der Waals surface area (Å²) in [5, 5.41) is 4.84. The van der Waals surface area contributed by atoms with Crippen LogP contribution in [0.3, 0.4) is 0 Å². The van der Waals surface area contributed by atoms with Crippen LogP contribution in [0.15, 0.2) is 18.3 Å². The van der Waals surface area contributed by atoms with E-state index in [0.29, 0.717) is 11.6 Å². The molecule has 2 rings (SSSR count). The molecule has 0 aliphatic carbocycles. The van der Waals surface area contributed by atoms with Crippen LogP contribution in [0.25, 0.3) is 10.7 Å². The molecule has 2 heterocycles. The van der Waals surface area contributed by atoms with Gasteiger partial charge in [0.25, 0.3) is 0 Å². The van der Waals surface area contributed by atoms with Crippen molar-refractivity contribution in [3.63, 3.8) is 0 Å². The molecule has 0 spiro atoms. The third-order valence-corrected chi connectivity index (χ3v) is 3.89. The van der Waals surface area contributed by atoms with Crippen molar-refractivity contribution in [2.24, 2.45) is 0 Å². The third-order valence-electron chi connectivity index (χ3n) is 2.54. The summed E-state index contributed by atoms with van der Waals surface area (Å²) in [6, 6.07) is 3.71. The number of thiazole rings is 1. The standard InChI is InChI=1S/C13H16ClN3OS/c1-3-15-7-12-11(8-18-2)17-13(19-12)10-5-4-9(14)6-16-10/h4-6,15H,3,7-8H2,1-2H3. The first-order valence-corrected chi connectivity index (χ1v) is 7.24. The van der Waals surface area contributed by atoms with Gasteiger partial charge in [0.15, 0.2) is 0 Å². The molecule has 0 saturated carbocycles. The van der Waals surface area contributed by atoms with Crippen molar-refractivity contribution in [1.82, 2.24) is 15.3 Å². The van der Waals surface area contributed by atoms with Gasteiger partial charge in [-0.05, 0) is 18.7 Å². The molecule has 0 aliphatic rings. The van der Waals surface area contributed by atoms with E-state index in [4.69, 9.17) is 16.3 Å². The van der Waals surface area contributed by atoms with E-state index in [1.807, 2.05) is 12.1 Å². The summed E-state index contributed by atoms with van der Waals surface area (Å²) in [5.41, 5.74) is 1.81. The van der Waals surface area contributed by atoms with E-state index >= 15 is 0 Å². The maximum Gasteiger partial charge on any atom is 0.142 e. The molecule has 0 bridgehead atoms. The number of hydrogen-bond donors (Lipinski definition) is 1. The highest BCUT2D eigenvalue weighted by atomic mass is 35.5. The van der Waals surface area contributed by atoms with Gasteiger partial charge in [-0.25, -0.2) is 4.98 Å². The summed E-state index contributed by atoms with van der Waals surface area (Å²) in [5.74, 6) is 0. The van der Waals surface area contributed by atoms with Crippen molar-refractivity contribution in [1.29, 1.82) is 0 Å². The molecular weight excluding hydrogens is 282 g/mol. The summed E-state index contributed by atoms with van der Waals surface area (Å²) < 4.78 is 5.19. The molecule has 0 radical (unpaired) electrons. The van der Waals surface area contributed by atoms with Gasteiger partial charge in [-0.1, -0.05) is 18.5 Å². The van der Waals surface area contributed by atoms with Crippen molar-refractivity contribution in [2.75, 3.05) is 13.7 Å². The number of methoxy groups -OCH3 is 1. The molecule has 2 aromatic rings. The Hall–Kier alpha value is -1.01. The Morgan fingerprint density at radius 2 is 2.26 bits per heavy atom. The molecule has 1 N–H and O–H groups in total. The zero-order valence-electron chi connectivity index (χ0n) is 10.9. The van der Waals surface area contributed by atoms with Gasteiger partial charge in [0, 0.05) is 24.7 Å². The van der Waals surface area contributed by atoms with Crippen LogP contribution in [-0.2, 0) is 17.9 Å². The fraction of sp³-hybridized carbons (Fsp3) is 0.385. The van der Waals surface area contributed by atoms with E-state index in [9.17, 15) is 0 Å². The number of aromatic nitrogens is 2. The summed E-state index contributed by atoms with van der Waals surface area (Å²) in [6.07, 6.45) is 1.64. The van der Waals surface area contributed by atoms with Gasteiger partial charge in [0.1, 0.15) is 5.01 Å². The zero-order chi connectivity index (χ0) is 13.7. The smallest absolute Gasteiger partial charge is 0.142 e. The fourth-order valence-corrected chi connectivity index (χ4v) is 2.74. The molecule has 0 amide bonds. The highest BCUT2D eigenvalue weighted by Crippen LogP contribution is 2.27. The van der Waals surface area contributed by atoms with Crippen LogP contribution in [-0.4, -0.2) is 23.6 Å². The number of nitrogens with one attached hydrogen (secondary N) is 1. The maximum absolute atomic E-state index is 5.84. The first kappa shape index (κ1) is 14.4. The van der Waals surface area contributed by atoms with Crippen LogP contribution >= 0.6 is 22.9 Å². The molecule has 0 aromatic carbocycles. The maximum atomic E-state index is 5.84. The van der Waals surface area contributed by atoms with Crippen LogP contribution in [0, 0.1) is 0 Å². The largest absolute Gasteiger partial charge is 0.378 e. The highest BCUT2D eigenvalue weighted by Gasteiger charge is 2.12. The first-order valence-electron chi connectivity index (χ1n) is 6.04. The molecule has 4 nitrogen and oxygen atoms in total. The van der Waals surface area contributed by atoms with Crippen LogP contribution in [0.2, 0.25) is 5.02 Å². The second-order valence-electron chi connectivity index (χ2n) is 3.96. The SMILES string of the molecule is CCNCc1sc(-c2ccc(Cl)cn2)nc1COC. The number of rotatable bonds is 6. The van der Waals surface area contributed by atoms with Crippen molar-refractivity contribution in [3.8, 4) is 10.7 Å². The molecule has 0 unspecified atom stereocenters. The van der Waals surface area contributed by atoms with E-state index in [2.05, 4.69) is 22.2 Å². The minimum absolute atomic E-state index is 0.519. The van der Waals surface area contributed by atoms with Crippen LogP contribution in [0.1, 0.15) is 17.5 Å². The van der Waals surface area contributed by atoms with Crippen molar-refractivity contribution < 1.29 is 4.74 Å². The van der Waals surface area contributed by atoms with E-state index in [-0.39, 0.29) is 0 Å². The lowest BCUT2D eigenvalue weighted by molar-refractivity contribution is 0.181. The van der Waals surface area contributed by atoms with Gasteiger partial charge in [-0.2, -0.15) is 0 Å². The molecule has 0 aliphatic heterocycles. The number of hydrogen-bond acceptors (Lipinski definition) is 5. The van der Waals surface area contributed by atoms with Crippen molar-refractivity contribution >= 4 is 22.9 Å². The normalized spacial score (nSPS) is 10.9. The number of nitrogens with zero attached hydrogens (tertiary/aromatic N) is 2. The summed E-state index contributed by atoms with van der Waals surface area (Å²) >= 11 is 7.48. The lowest BCUT2D eigenvalue weighted by Crippen LogP contribution is -2.12. The van der Waals surface area contributed by atoms with E-state index in [1.54, 1.807) is 24.6 Å². The van der Waals surface area contributed by atoms with Gasteiger partial charge in [-0.15, -0.1) is 11.3 Å². The second-order valence-corrected chi connectivity index (χ2v) is 5.48. The van der Waals surface area contributed by atoms with Crippen LogP contribution in [0.5, 0.6) is 0 Å². The Morgan fingerprint density at radius 1 is 1.42 bits per heavy atom. The Bertz CT molecular complexity index is 527. The first-order chi connectivity index (χ1) is 9.24. The van der Waals surface area contributed by atoms with Gasteiger partial charge < -0.3 is 10.1 Å². The highest BCUT2D eigenvalue weighted by molar-refractivity contribution is 7.15. The minimum atomic E-state index is 0.519. The Balaban J connectivity index is 2.27. The Kier molecular flexibility index (Phi) is 5.27. The van der Waals surface area contributed by atoms with Crippen LogP contribution < -0.4 is 5.32 Å². The number of pyridine rings is 1. The lowest BCUT2D eigenvalue weighted by Gasteiger charge is -2.00. The topological polar surface area (TPSA) is 47.0 Å². The number of ether oxygens (including phenoxy) is 1. The van der Waals surface area contributed by atoms with Gasteiger partial charge in [0.2, 0.25) is 0 Å². The molecule has 0 fully saturated rings. The molecular formula is C13H16ClN3OS. The fourth-order valence-electron chi connectivity index (χ4n) is 1.62. The Morgan fingerprint density at radius 3 is 2.89 bits per heavy atom. The van der Waals surface area contributed by atoms with E-state index < -0.39 is 0 Å². The van der Waals surface area contributed by atoms with Crippen LogP contribution in [0.4, 0.5) is 0 Å². The quantitative estimate of drug-likeness (QED) is 0.890. The van der Waals surface area contributed by atoms with Gasteiger partial charge in [-0.3, -0.25) is 4.98 Å².